The van der Waals surface area contributed by atoms with Gasteiger partial charge in [-0.1, -0.05) is 36.4 Å². The maximum atomic E-state index is 12.3. The average molecular weight is 421 g/mol. The van der Waals surface area contributed by atoms with Crippen LogP contribution < -0.4 is 20.1 Å². The molecule has 0 fully saturated rings. The first-order chi connectivity index (χ1) is 15.2. The Bertz CT molecular complexity index is 930. The van der Waals surface area contributed by atoms with E-state index in [1.54, 1.807) is 0 Å². The molecular formula is C25H28N2O4. The van der Waals surface area contributed by atoms with Crippen LogP contribution in [0.5, 0.6) is 11.5 Å². The van der Waals surface area contributed by atoms with Gasteiger partial charge in [0, 0.05) is 24.0 Å². The molecule has 3 rings (SSSR count). The molecule has 0 aliphatic heterocycles. The molecule has 0 aliphatic rings. The summed E-state index contributed by atoms with van der Waals surface area (Å²) >= 11 is 0. The van der Waals surface area contributed by atoms with Gasteiger partial charge in [-0.2, -0.15) is 0 Å². The second-order valence-corrected chi connectivity index (χ2v) is 6.77. The van der Waals surface area contributed by atoms with Crippen LogP contribution in [0, 0.1) is 0 Å². The molecule has 2 N–H and O–H groups in total. The van der Waals surface area contributed by atoms with Crippen molar-refractivity contribution in [2.75, 3.05) is 37.0 Å². The normalized spacial score (nSPS) is 10.4. The highest BCUT2D eigenvalue weighted by molar-refractivity contribution is 5.93. The Morgan fingerprint density at radius 1 is 0.806 bits per heavy atom. The Morgan fingerprint density at radius 2 is 1.61 bits per heavy atom. The van der Waals surface area contributed by atoms with Crippen LogP contribution in [0.3, 0.4) is 0 Å². The molecule has 0 atom stereocenters. The third-order valence-corrected chi connectivity index (χ3v) is 4.37. The van der Waals surface area contributed by atoms with Gasteiger partial charge in [0.25, 0.3) is 0 Å². The second-order valence-electron chi connectivity index (χ2n) is 6.77. The SMILES string of the molecule is CCOCCOc1ccc(NCC(=O)Nc2cccc(OCc3ccccc3)c2)cc1. The molecule has 3 aromatic rings. The number of rotatable bonds is 12. The highest BCUT2D eigenvalue weighted by atomic mass is 16.5. The van der Waals surface area contributed by atoms with Crippen molar-refractivity contribution in [1.82, 2.24) is 0 Å². The number of carbonyl (C=O) groups excluding carboxylic acids is 1. The predicted molar refractivity (Wildman–Crippen MR) is 123 cm³/mol. The van der Waals surface area contributed by atoms with Gasteiger partial charge in [-0.3, -0.25) is 4.79 Å². The number of nitrogens with one attached hydrogen (secondary N) is 2. The number of amides is 1. The Kier molecular flexibility index (Phi) is 8.76. The monoisotopic (exact) mass is 420 g/mol. The van der Waals surface area contributed by atoms with E-state index in [-0.39, 0.29) is 12.5 Å². The molecule has 1 amide bonds. The molecule has 0 heterocycles. The molecule has 0 radical (unpaired) electrons. The molecule has 0 unspecified atom stereocenters. The molecule has 3 aromatic carbocycles. The Balaban J connectivity index is 1.42. The van der Waals surface area contributed by atoms with Crippen molar-refractivity contribution in [3.05, 3.63) is 84.4 Å². The van der Waals surface area contributed by atoms with E-state index >= 15 is 0 Å². The first kappa shape index (κ1) is 22.2. The lowest BCUT2D eigenvalue weighted by molar-refractivity contribution is -0.114. The Labute approximate surface area is 183 Å². The summed E-state index contributed by atoms with van der Waals surface area (Å²) in [5, 5.41) is 5.99. The zero-order chi connectivity index (χ0) is 21.7. The molecule has 6 heteroatoms. The van der Waals surface area contributed by atoms with Crippen LogP contribution in [0.15, 0.2) is 78.9 Å². The fraction of sp³-hybridized carbons (Fsp3) is 0.240. The van der Waals surface area contributed by atoms with Crippen LogP contribution in [-0.4, -0.2) is 32.3 Å². The van der Waals surface area contributed by atoms with E-state index in [1.165, 1.54) is 0 Å². The zero-order valence-electron chi connectivity index (χ0n) is 17.7. The van der Waals surface area contributed by atoms with Gasteiger partial charge < -0.3 is 24.8 Å². The predicted octanol–water partition coefficient (Wildman–Crippen LogP) is 4.73. The van der Waals surface area contributed by atoms with Crippen molar-refractivity contribution in [2.24, 2.45) is 0 Å². The quantitative estimate of drug-likeness (QED) is 0.415. The van der Waals surface area contributed by atoms with Crippen molar-refractivity contribution in [1.29, 1.82) is 0 Å². The summed E-state index contributed by atoms with van der Waals surface area (Å²) in [4.78, 5) is 12.3. The summed E-state index contributed by atoms with van der Waals surface area (Å²) in [6, 6.07) is 24.8. The lowest BCUT2D eigenvalue weighted by Gasteiger charge is -2.11. The van der Waals surface area contributed by atoms with E-state index in [2.05, 4.69) is 10.6 Å². The minimum absolute atomic E-state index is 0.141. The number of benzene rings is 3. The summed E-state index contributed by atoms with van der Waals surface area (Å²) < 4.78 is 16.6. The van der Waals surface area contributed by atoms with Crippen LogP contribution in [0.2, 0.25) is 0 Å². The fourth-order valence-corrected chi connectivity index (χ4v) is 2.82. The molecule has 31 heavy (non-hydrogen) atoms. The maximum absolute atomic E-state index is 12.3. The second kappa shape index (κ2) is 12.2. The molecule has 6 nitrogen and oxygen atoms in total. The summed E-state index contributed by atoms with van der Waals surface area (Å²) in [7, 11) is 0. The molecular weight excluding hydrogens is 392 g/mol. The highest BCUT2D eigenvalue weighted by Gasteiger charge is 2.04. The maximum Gasteiger partial charge on any atom is 0.243 e. The van der Waals surface area contributed by atoms with Crippen molar-refractivity contribution in [3.8, 4) is 11.5 Å². The van der Waals surface area contributed by atoms with Gasteiger partial charge in [0.05, 0.1) is 13.2 Å². The molecule has 0 saturated carbocycles. The minimum atomic E-state index is -0.141. The highest BCUT2D eigenvalue weighted by Crippen LogP contribution is 2.19. The van der Waals surface area contributed by atoms with Gasteiger partial charge in [0.2, 0.25) is 5.91 Å². The first-order valence-corrected chi connectivity index (χ1v) is 10.3. The van der Waals surface area contributed by atoms with Gasteiger partial charge in [-0.25, -0.2) is 0 Å². The molecule has 0 bridgehead atoms. The van der Waals surface area contributed by atoms with Gasteiger partial charge in [-0.15, -0.1) is 0 Å². The minimum Gasteiger partial charge on any atom is -0.491 e. The zero-order valence-corrected chi connectivity index (χ0v) is 17.7. The van der Waals surface area contributed by atoms with Crippen LogP contribution in [0.1, 0.15) is 12.5 Å². The average Bonchev–Trinajstić information content (AvgIpc) is 2.81. The fourth-order valence-electron chi connectivity index (χ4n) is 2.82. The van der Waals surface area contributed by atoms with Gasteiger partial charge in [0.1, 0.15) is 24.7 Å². The van der Waals surface area contributed by atoms with Crippen LogP contribution in [-0.2, 0) is 16.1 Å². The van der Waals surface area contributed by atoms with E-state index in [1.807, 2.05) is 85.8 Å². The van der Waals surface area contributed by atoms with Crippen LogP contribution >= 0.6 is 0 Å². The van der Waals surface area contributed by atoms with E-state index in [4.69, 9.17) is 14.2 Å². The van der Waals surface area contributed by atoms with E-state index in [9.17, 15) is 4.79 Å². The van der Waals surface area contributed by atoms with E-state index in [0.29, 0.717) is 37.9 Å². The Hall–Kier alpha value is -3.51. The smallest absolute Gasteiger partial charge is 0.243 e. The largest absolute Gasteiger partial charge is 0.491 e. The summed E-state index contributed by atoms with van der Waals surface area (Å²) in [5.41, 5.74) is 2.62. The number of anilines is 2. The molecule has 162 valence electrons. The summed E-state index contributed by atoms with van der Waals surface area (Å²) in [6.07, 6.45) is 0. The van der Waals surface area contributed by atoms with Gasteiger partial charge in [0.15, 0.2) is 0 Å². The molecule has 0 aliphatic carbocycles. The lowest BCUT2D eigenvalue weighted by Crippen LogP contribution is -2.21. The van der Waals surface area contributed by atoms with Crippen molar-refractivity contribution >= 4 is 17.3 Å². The number of hydrogen-bond acceptors (Lipinski definition) is 5. The summed E-state index contributed by atoms with van der Waals surface area (Å²) in [6.45, 7) is 4.34. The molecule has 0 aromatic heterocycles. The summed E-state index contributed by atoms with van der Waals surface area (Å²) in [5.74, 6) is 1.33. The third kappa shape index (κ3) is 8.03. The third-order valence-electron chi connectivity index (χ3n) is 4.37. The standard InChI is InChI=1S/C25H28N2O4/c1-2-29-15-16-30-23-13-11-21(12-14-23)26-18-25(28)27-22-9-6-10-24(17-22)31-19-20-7-4-3-5-8-20/h3-14,17,26H,2,15-16,18-19H2,1H3,(H,27,28). The van der Waals surface area contributed by atoms with Gasteiger partial charge in [-0.05, 0) is 48.9 Å². The van der Waals surface area contributed by atoms with E-state index in [0.717, 1.165) is 17.0 Å². The first-order valence-electron chi connectivity index (χ1n) is 10.3. The topological polar surface area (TPSA) is 68.8 Å². The van der Waals surface area contributed by atoms with Crippen molar-refractivity contribution < 1.29 is 19.0 Å². The number of ether oxygens (including phenoxy) is 3. The molecule has 0 spiro atoms. The van der Waals surface area contributed by atoms with Crippen LogP contribution in [0.25, 0.3) is 0 Å². The lowest BCUT2D eigenvalue weighted by atomic mass is 10.2. The van der Waals surface area contributed by atoms with Crippen LogP contribution in [0.4, 0.5) is 11.4 Å². The molecule has 0 saturated heterocycles. The number of carbonyl (C=O) groups is 1. The number of hydrogen-bond donors (Lipinski definition) is 2. The van der Waals surface area contributed by atoms with E-state index < -0.39 is 0 Å². The Morgan fingerprint density at radius 3 is 2.39 bits per heavy atom. The van der Waals surface area contributed by atoms with Crippen molar-refractivity contribution in [2.45, 2.75) is 13.5 Å². The van der Waals surface area contributed by atoms with Crippen molar-refractivity contribution in [3.63, 3.8) is 0 Å². The van der Waals surface area contributed by atoms with Gasteiger partial charge >= 0.3 is 0 Å².